The summed E-state index contributed by atoms with van der Waals surface area (Å²) in [4.78, 5) is 26.2. The molecule has 24 heavy (non-hydrogen) atoms. The highest BCUT2D eigenvalue weighted by Crippen LogP contribution is 2.18. The molecule has 1 saturated heterocycles. The first-order valence-electron chi connectivity index (χ1n) is 8.83. The van der Waals surface area contributed by atoms with E-state index < -0.39 is 6.10 Å². The Labute approximate surface area is 144 Å². The van der Waals surface area contributed by atoms with Gasteiger partial charge in [-0.1, -0.05) is 30.3 Å². The lowest BCUT2D eigenvalue weighted by molar-refractivity contribution is -0.135. The number of aliphatic hydroxyl groups is 1. The van der Waals surface area contributed by atoms with Gasteiger partial charge in [0.25, 0.3) is 0 Å². The molecule has 0 aliphatic carbocycles. The Morgan fingerprint density at radius 1 is 1.25 bits per heavy atom. The van der Waals surface area contributed by atoms with Crippen molar-refractivity contribution in [2.24, 2.45) is 5.92 Å². The largest absolute Gasteiger partial charge is 0.393 e. The number of piperidine rings is 1. The number of benzene rings is 1. The molecule has 1 aliphatic heterocycles. The first-order chi connectivity index (χ1) is 11.6. The third-order valence-electron chi connectivity index (χ3n) is 4.55. The number of aliphatic hydroxyl groups excluding tert-OH is 1. The van der Waals surface area contributed by atoms with Crippen LogP contribution in [0.4, 0.5) is 0 Å². The van der Waals surface area contributed by atoms with Crippen LogP contribution in [0.1, 0.15) is 38.2 Å². The van der Waals surface area contributed by atoms with E-state index in [-0.39, 0.29) is 17.7 Å². The number of aryl methyl sites for hydroxylation is 1. The molecule has 1 unspecified atom stereocenters. The van der Waals surface area contributed by atoms with Crippen LogP contribution in [0.2, 0.25) is 0 Å². The molecular formula is C19H28N2O3. The number of hydrogen-bond acceptors (Lipinski definition) is 3. The van der Waals surface area contributed by atoms with Gasteiger partial charge in [-0.2, -0.15) is 0 Å². The summed E-state index contributed by atoms with van der Waals surface area (Å²) in [5.41, 5.74) is 1.18. The molecule has 0 spiro atoms. The average molecular weight is 332 g/mol. The molecule has 2 amide bonds. The maximum Gasteiger partial charge on any atom is 0.223 e. The van der Waals surface area contributed by atoms with Crippen LogP contribution in [0.15, 0.2) is 30.3 Å². The van der Waals surface area contributed by atoms with Crippen LogP contribution in [-0.4, -0.2) is 47.6 Å². The van der Waals surface area contributed by atoms with Gasteiger partial charge in [0.2, 0.25) is 11.8 Å². The highest BCUT2D eigenvalue weighted by molar-refractivity contribution is 5.80. The number of amides is 2. The van der Waals surface area contributed by atoms with E-state index in [1.807, 2.05) is 35.2 Å². The SMILES string of the molecule is CC(O)CCNC(=O)C1CCN(C(=O)CCc2ccccc2)CC1. The molecule has 1 aromatic carbocycles. The Balaban J connectivity index is 1.68. The average Bonchev–Trinajstić information content (AvgIpc) is 2.60. The number of rotatable bonds is 7. The monoisotopic (exact) mass is 332 g/mol. The summed E-state index contributed by atoms with van der Waals surface area (Å²) in [6.45, 7) is 3.53. The summed E-state index contributed by atoms with van der Waals surface area (Å²) >= 11 is 0. The lowest BCUT2D eigenvalue weighted by atomic mass is 9.95. The summed E-state index contributed by atoms with van der Waals surface area (Å²) in [5.74, 6) is 0.205. The highest BCUT2D eigenvalue weighted by atomic mass is 16.3. The van der Waals surface area contributed by atoms with E-state index in [4.69, 9.17) is 0 Å². The third-order valence-corrected chi connectivity index (χ3v) is 4.55. The second kappa shape index (κ2) is 9.42. The summed E-state index contributed by atoms with van der Waals surface area (Å²) < 4.78 is 0. The maximum atomic E-state index is 12.3. The fraction of sp³-hybridized carbons (Fsp3) is 0.579. The zero-order chi connectivity index (χ0) is 17.4. The normalized spacial score (nSPS) is 16.7. The second-order valence-electron chi connectivity index (χ2n) is 6.57. The summed E-state index contributed by atoms with van der Waals surface area (Å²) in [7, 11) is 0. The smallest absolute Gasteiger partial charge is 0.223 e. The van der Waals surface area contributed by atoms with Gasteiger partial charge in [0.1, 0.15) is 0 Å². The molecule has 0 saturated carbocycles. The minimum Gasteiger partial charge on any atom is -0.393 e. The minimum absolute atomic E-state index is 0.0165. The zero-order valence-electron chi connectivity index (χ0n) is 14.4. The van der Waals surface area contributed by atoms with Gasteiger partial charge < -0.3 is 15.3 Å². The highest BCUT2D eigenvalue weighted by Gasteiger charge is 2.26. The number of nitrogens with one attached hydrogen (secondary N) is 1. The van der Waals surface area contributed by atoms with E-state index in [0.29, 0.717) is 32.5 Å². The van der Waals surface area contributed by atoms with Crippen LogP contribution in [0.25, 0.3) is 0 Å². The van der Waals surface area contributed by atoms with Gasteiger partial charge in [-0.25, -0.2) is 0 Å². The van der Waals surface area contributed by atoms with Gasteiger partial charge in [-0.15, -0.1) is 0 Å². The van der Waals surface area contributed by atoms with Crippen molar-refractivity contribution >= 4 is 11.8 Å². The topological polar surface area (TPSA) is 69.6 Å². The molecule has 1 aromatic rings. The van der Waals surface area contributed by atoms with E-state index >= 15 is 0 Å². The molecule has 0 bridgehead atoms. The molecular weight excluding hydrogens is 304 g/mol. The number of hydrogen-bond donors (Lipinski definition) is 2. The first-order valence-corrected chi connectivity index (χ1v) is 8.83. The van der Waals surface area contributed by atoms with Crippen molar-refractivity contribution in [3.8, 4) is 0 Å². The predicted octanol–water partition coefficient (Wildman–Crippen LogP) is 1.74. The molecule has 1 heterocycles. The van der Waals surface area contributed by atoms with Crippen molar-refractivity contribution in [2.75, 3.05) is 19.6 Å². The third kappa shape index (κ3) is 5.96. The first kappa shape index (κ1) is 18.5. The summed E-state index contributed by atoms with van der Waals surface area (Å²) in [6.07, 6.45) is 2.90. The van der Waals surface area contributed by atoms with Crippen molar-refractivity contribution in [3.63, 3.8) is 0 Å². The van der Waals surface area contributed by atoms with Crippen molar-refractivity contribution < 1.29 is 14.7 Å². The molecule has 1 fully saturated rings. The molecule has 1 atom stereocenters. The van der Waals surface area contributed by atoms with Crippen molar-refractivity contribution in [3.05, 3.63) is 35.9 Å². The van der Waals surface area contributed by atoms with Crippen LogP contribution in [0.3, 0.4) is 0 Å². The Bertz CT molecular complexity index is 523. The summed E-state index contributed by atoms with van der Waals surface area (Å²) in [6, 6.07) is 10.0. The van der Waals surface area contributed by atoms with E-state index in [2.05, 4.69) is 5.32 Å². The number of carbonyl (C=O) groups excluding carboxylic acids is 2. The van der Waals surface area contributed by atoms with Crippen LogP contribution in [0.5, 0.6) is 0 Å². The molecule has 1 aliphatic rings. The van der Waals surface area contributed by atoms with Crippen molar-refractivity contribution in [1.29, 1.82) is 0 Å². The lowest BCUT2D eigenvalue weighted by Gasteiger charge is -2.31. The van der Waals surface area contributed by atoms with Crippen LogP contribution in [-0.2, 0) is 16.0 Å². The molecule has 0 aromatic heterocycles. The Morgan fingerprint density at radius 3 is 2.54 bits per heavy atom. The standard InChI is InChI=1S/C19H28N2O3/c1-15(22)9-12-20-19(24)17-10-13-21(14-11-17)18(23)8-7-16-5-3-2-4-6-16/h2-6,15,17,22H,7-14H2,1H3,(H,20,24). The Kier molecular flexibility index (Phi) is 7.25. The van der Waals surface area contributed by atoms with Crippen LogP contribution in [0, 0.1) is 5.92 Å². The second-order valence-corrected chi connectivity index (χ2v) is 6.57. The van der Waals surface area contributed by atoms with Gasteiger partial charge >= 0.3 is 0 Å². The molecule has 132 valence electrons. The van der Waals surface area contributed by atoms with Gasteiger partial charge in [0, 0.05) is 32.0 Å². The molecule has 2 rings (SSSR count). The van der Waals surface area contributed by atoms with E-state index in [1.54, 1.807) is 6.92 Å². The number of nitrogens with zero attached hydrogens (tertiary/aromatic N) is 1. The zero-order valence-corrected chi connectivity index (χ0v) is 14.4. The number of carbonyl (C=O) groups is 2. The predicted molar refractivity (Wildman–Crippen MR) is 93.4 cm³/mol. The quantitative estimate of drug-likeness (QED) is 0.799. The fourth-order valence-corrected chi connectivity index (χ4v) is 2.99. The maximum absolute atomic E-state index is 12.3. The van der Waals surface area contributed by atoms with Crippen molar-refractivity contribution in [1.82, 2.24) is 10.2 Å². The van der Waals surface area contributed by atoms with Gasteiger partial charge in [0.15, 0.2) is 0 Å². The summed E-state index contributed by atoms with van der Waals surface area (Å²) in [5, 5.41) is 12.1. The Hall–Kier alpha value is -1.88. The van der Waals surface area contributed by atoms with E-state index in [9.17, 15) is 14.7 Å². The van der Waals surface area contributed by atoms with Gasteiger partial charge in [-0.3, -0.25) is 9.59 Å². The van der Waals surface area contributed by atoms with E-state index in [1.165, 1.54) is 5.56 Å². The van der Waals surface area contributed by atoms with Crippen LogP contribution < -0.4 is 5.32 Å². The van der Waals surface area contributed by atoms with Gasteiger partial charge in [0.05, 0.1) is 6.10 Å². The molecule has 5 heteroatoms. The van der Waals surface area contributed by atoms with E-state index in [0.717, 1.165) is 19.3 Å². The lowest BCUT2D eigenvalue weighted by Crippen LogP contribution is -2.43. The van der Waals surface area contributed by atoms with Crippen molar-refractivity contribution in [2.45, 2.75) is 45.1 Å². The van der Waals surface area contributed by atoms with Gasteiger partial charge in [-0.05, 0) is 38.2 Å². The Morgan fingerprint density at radius 2 is 1.92 bits per heavy atom. The van der Waals surface area contributed by atoms with Crippen LogP contribution >= 0.6 is 0 Å². The molecule has 5 nitrogen and oxygen atoms in total. The molecule has 0 radical (unpaired) electrons. The minimum atomic E-state index is -0.394. The number of likely N-dealkylation sites (tertiary alicyclic amines) is 1. The molecule has 2 N–H and O–H groups in total. The fourth-order valence-electron chi connectivity index (χ4n) is 2.99.